The lowest BCUT2D eigenvalue weighted by Crippen LogP contribution is -2.48. The predicted molar refractivity (Wildman–Crippen MR) is 97.5 cm³/mol. The molecule has 0 bridgehead atoms. The van der Waals surface area contributed by atoms with Gasteiger partial charge < -0.3 is 20.6 Å². The van der Waals surface area contributed by atoms with E-state index in [2.05, 4.69) is 20.5 Å². The second-order valence-corrected chi connectivity index (χ2v) is 6.31. The number of benzene rings is 1. The van der Waals surface area contributed by atoms with Gasteiger partial charge in [-0.15, -0.1) is 0 Å². The fourth-order valence-electron chi connectivity index (χ4n) is 3.10. The van der Waals surface area contributed by atoms with Crippen LogP contribution in [0, 0.1) is 0 Å². The minimum absolute atomic E-state index is 0.0816. The van der Waals surface area contributed by atoms with Gasteiger partial charge in [0.2, 0.25) is 0 Å². The number of pyridine rings is 1. The molecule has 2 heterocycles. The van der Waals surface area contributed by atoms with E-state index in [-0.39, 0.29) is 24.7 Å². The number of carbonyl (C=O) groups excluding carboxylic acids is 1. The minimum Gasteiger partial charge on any atom is -0.394 e. The Morgan fingerprint density at radius 3 is 2.76 bits per heavy atom. The molecule has 2 aromatic rings. The smallest absolute Gasteiger partial charge is 0.315 e. The third kappa shape index (κ3) is 4.93. The Morgan fingerprint density at radius 2 is 2.04 bits per heavy atom. The Kier molecular flexibility index (Phi) is 5.85. The number of nitrogens with zero attached hydrogens (tertiary/aromatic N) is 2. The molecule has 0 saturated carbocycles. The van der Waals surface area contributed by atoms with Crippen LogP contribution < -0.4 is 15.5 Å². The van der Waals surface area contributed by atoms with E-state index in [1.54, 1.807) is 6.20 Å². The van der Waals surface area contributed by atoms with Gasteiger partial charge in [-0.3, -0.25) is 0 Å². The van der Waals surface area contributed by atoms with Crippen LogP contribution in [-0.2, 0) is 6.42 Å². The van der Waals surface area contributed by atoms with Crippen molar-refractivity contribution in [1.82, 2.24) is 15.6 Å². The molecule has 1 aromatic carbocycles. The second kappa shape index (κ2) is 8.48. The summed E-state index contributed by atoms with van der Waals surface area (Å²) in [5.41, 5.74) is 1.09. The van der Waals surface area contributed by atoms with Crippen LogP contribution in [0.15, 0.2) is 54.7 Å². The molecule has 1 saturated heterocycles. The highest BCUT2D eigenvalue weighted by Crippen LogP contribution is 2.17. The third-order valence-electron chi connectivity index (χ3n) is 4.38. The van der Waals surface area contributed by atoms with Crippen molar-refractivity contribution in [3.8, 4) is 0 Å². The van der Waals surface area contributed by atoms with Crippen LogP contribution in [0.1, 0.15) is 12.0 Å². The summed E-state index contributed by atoms with van der Waals surface area (Å²) in [5, 5.41) is 15.4. The first-order valence-corrected chi connectivity index (χ1v) is 8.62. The lowest BCUT2D eigenvalue weighted by Gasteiger charge is -2.20. The number of aliphatic hydroxyl groups is 1. The van der Waals surface area contributed by atoms with E-state index in [0.29, 0.717) is 6.42 Å². The number of nitrogens with one attached hydrogen (secondary N) is 2. The molecule has 1 aliphatic heterocycles. The van der Waals surface area contributed by atoms with Gasteiger partial charge in [0.15, 0.2) is 0 Å². The van der Waals surface area contributed by atoms with Crippen LogP contribution in [0.4, 0.5) is 10.6 Å². The van der Waals surface area contributed by atoms with Gasteiger partial charge in [0.05, 0.1) is 12.6 Å². The fourth-order valence-corrected chi connectivity index (χ4v) is 3.10. The number of hydrogen-bond acceptors (Lipinski definition) is 4. The molecule has 1 fully saturated rings. The van der Waals surface area contributed by atoms with Crippen LogP contribution in [-0.4, -0.2) is 47.9 Å². The van der Waals surface area contributed by atoms with E-state index < -0.39 is 0 Å². The number of aromatic nitrogens is 1. The van der Waals surface area contributed by atoms with E-state index in [0.717, 1.165) is 30.9 Å². The van der Waals surface area contributed by atoms with E-state index in [1.165, 1.54) is 0 Å². The molecule has 132 valence electrons. The first-order valence-electron chi connectivity index (χ1n) is 8.62. The average molecular weight is 340 g/mol. The molecule has 6 heteroatoms. The largest absolute Gasteiger partial charge is 0.394 e. The van der Waals surface area contributed by atoms with E-state index in [9.17, 15) is 9.90 Å². The summed E-state index contributed by atoms with van der Waals surface area (Å²) in [6.07, 6.45) is 3.26. The van der Waals surface area contributed by atoms with Crippen LogP contribution in [0.25, 0.3) is 0 Å². The van der Waals surface area contributed by atoms with Crippen molar-refractivity contribution in [2.24, 2.45) is 0 Å². The van der Waals surface area contributed by atoms with E-state index in [1.807, 2.05) is 48.5 Å². The molecular weight excluding hydrogens is 316 g/mol. The Balaban J connectivity index is 1.47. The molecule has 0 aliphatic carbocycles. The molecule has 0 spiro atoms. The van der Waals surface area contributed by atoms with Crippen molar-refractivity contribution in [1.29, 1.82) is 0 Å². The molecule has 2 atom stereocenters. The molecule has 2 unspecified atom stereocenters. The highest BCUT2D eigenvalue weighted by atomic mass is 16.3. The standard InChI is InChI=1S/C19H24N4O2/c24-14-17(12-15-6-2-1-3-7-15)22-19(25)21-16-9-11-23(13-16)18-8-4-5-10-20-18/h1-8,10,16-17,24H,9,11-14H2,(H2,21,22,25). The lowest BCUT2D eigenvalue weighted by molar-refractivity contribution is 0.213. The maximum atomic E-state index is 12.2. The number of carbonyl (C=O) groups is 1. The number of amides is 2. The first kappa shape index (κ1) is 17.2. The summed E-state index contributed by atoms with van der Waals surface area (Å²) in [4.78, 5) is 18.7. The van der Waals surface area contributed by atoms with Gasteiger partial charge in [-0.25, -0.2) is 9.78 Å². The highest BCUT2D eigenvalue weighted by molar-refractivity contribution is 5.74. The van der Waals surface area contributed by atoms with Crippen molar-refractivity contribution in [2.75, 3.05) is 24.6 Å². The van der Waals surface area contributed by atoms with Crippen LogP contribution in [0.3, 0.4) is 0 Å². The maximum absolute atomic E-state index is 12.2. The van der Waals surface area contributed by atoms with E-state index in [4.69, 9.17) is 0 Å². The molecule has 0 radical (unpaired) electrons. The van der Waals surface area contributed by atoms with E-state index >= 15 is 0 Å². The predicted octanol–water partition coefficient (Wildman–Crippen LogP) is 1.56. The number of hydrogen-bond donors (Lipinski definition) is 3. The zero-order valence-electron chi connectivity index (χ0n) is 14.1. The Morgan fingerprint density at radius 1 is 1.24 bits per heavy atom. The van der Waals surface area contributed by atoms with Crippen molar-refractivity contribution < 1.29 is 9.90 Å². The molecule has 25 heavy (non-hydrogen) atoms. The van der Waals surface area contributed by atoms with Crippen molar-refractivity contribution in [3.05, 3.63) is 60.3 Å². The summed E-state index contributed by atoms with van der Waals surface area (Å²) in [5.74, 6) is 0.935. The summed E-state index contributed by atoms with van der Waals surface area (Å²) < 4.78 is 0. The summed E-state index contributed by atoms with van der Waals surface area (Å²) in [7, 11) is 0. The first-order chi connectivity index (χ1) is 12.2. The van der Waals surface area contributed by atoms with Crippen LogP contribution >= 0.6 is 0 Å². The van der Waals surface area contributed by atoms with Gasteiger partial charge in [0.1, 0.15) is 5.82 Å². The van der Waals surface area contributed by atoms with Crippen molar-refractivity contribution in [2.45, 2.75) is 24.9 Å². The number of urea groups is 1. The van der Waals surface area contributed by atoms with Crippen LogP contribution in [0.2, 0.25) is 0 Å². The fraction of sp³-hybridized carbons (Fsp3) is 0.368. The highest BCUT2D eigenvalue weighted by Gasteiger charge is 2.25. The summed E-state index contributed by atoms with van der Waals surface area (Å²) >= 11 is 0. The molecule has 1 aromatic heterocycles. The van der Waals surface area contributed by atoms with Crippen LogP contribution in [0.5, 0.6) is 0 Å². The monoisotopic (exact) mass is 340 g/mol. The van der Waals surface area contributed by atoms with Gasteiger partial charge in [0, 0.05) is 25.3 Å². The Bertz CT molecular complexity index is 666. The second-order valence-electron chi connectivity index (χ2n) is 6.31. The lowest BCUT2D eigenvalue weighted by atomic mass is 10.1. The maximum Gasteiger partial charge on any atom is 0.315 e. The van der Waals surface area contributed by atoms with Crippen molar-refractivity contribution in [3.63, 3.8) is 0 Å². The van der Waals surface area contributed by atoms with Gasteiger partial charge in [-0.05, 0) is 30.5 Å². The van der Waals surface area contributed by atoms with Gasteiger partial charge in [0.25, 0.3) is 0 Å². The normalized spacial score (nSPS) is 18.0. The molecule has 2 amide bonds. The van der Waals surface area contributed by atoms with Gasteiger partial charge in [-0.1, -0.05) is 36.4 Å². The average Bonchev–Trinajstić information content (AvgIpc) is 3.11. The Labute approximate surface area is 147 Å². The van der Waals surface area contributed by atoms with Crippen molar-refractivity contribution >= 4 is 11.8 Å². The zero-order valence-corrected chi connectivity index (χ0v) is 14.1. The zero-order chi connectivity index (χ0) is 17.5. The molecular formula is C19H24N4O2. The quantitative estimate of drug-likeness (QED) is 0.746. The molecule has 6 nitrogen and oxygen atoms in total. The minimum atomic E-state index is -0.296. The SMILES string of the molecule is O=C(NC(CO)Cc1ccccc1)NC1CCN(c2ccccn2)C1. The summed E-state index contributed by atoms with van der Waals surface area (Å²) in [6.45, 7) is 1.52. The molecule has 3 N–H and O–H groups in total. The Hall–Kier alpha value is -2.60. The summed E-state index contributed by atoms with van der Waals surface area (Å²) in [6, 6.07) is 15.2. The van der Waals surface area contributed by atoms with Gasteiger partial charge in [-0.2, -0.15) is 0 Å². The topological polar surface area (TPSA) is 77.5 Å². The molecule has 3 rings (SSSR count). The number of anilines is 1. The number of aliphatic hydroxyl groups excluding tert-OH is 1. The molecule has 1 aliphatic rings. The van der Waals surface area contributed by atoms with Gasteiger partial charge >= 0.3 is 6.03 Å². The third-order valence-corrected chi connectivity index (χ3v) is 4.38. The number of rotatable bonds is 6.